The molecule has 5 nitrogen and oxygen atoms in total. The van der Waals surface area contributed by atoms with Crippen LogP contribution in [0.15, 0.2) is 18.2 Å². The summed E-state index contributed by atoms with van der Waals surface area (Å²) in [5.41, 5.74) is 2.08. The van der Waals surface area contributed by atoms with Crippen LogP contribution < -0.4 is 0 Å². The summed E-state index contributed by atoms with van der Waals surface area (Å²) in [6.45, 7) is 4.23. The van der Waals surface area contributed by atoms with Gasteiger partial charge in [-0.3, -0.25) is 4.90 Å². The number of phenolic OH excluding ortho intramolecular Hbond substituents is 1. The number of phenols is 1. The van der Waals surface area contributed by atoms with E-state index in [1.165, 1.54) is 0 Å². The summed E-state index contributed by atoms with van der Waals surface area (Å²) in [6.07, 6.45) is 1.70. The van der Waals surface area contributed by atoms with Crippen LogP contribution in [0.4, 0.5) is 0 Å². The van der Waals surface area contributed by atoms with Crippen LogP contribution in [-0.2, 0) is 16.1 Å². The van der Waals surface area contributed by atoms with Gasteiger partial charge >= 0.3 is 5.97 Å². The van der Waals surface area contributed by atoms with Gasteiger partial charge in [0.2, 0.25) is 0 Å². The molecule has 0 aromatic heterocycles. The summed E-state index contributed by atoms with van der Waals surface area (Å²) < 4.78 is 5.31. The van der Waals surface area contributed by atoms with Gasteiger partial charge in [0.1, 0.15) is 12.4 Å². The van der Waals surface area contributed by atoms with Crippen LogP contribution >= 0.6 is 0 Å². The Balaban J connectivity index is 1.82. The van der Waals surface area contributed by atoms with E-state index in [2.05, 4.69) is 4.90 Å². The Kier molecular flexibility index (Phi) is 4.98. The van der Waals surface area contributed by atoms with Gasteiger partial charge in [-0.1, -0.05) is 17.7 Å². The maximum absolute atomic E-state index is 10.5. The number of aryl methyl sites for hydroxylation is 1. The van der Waals surface area contributed by atoms with Crippen molar-refractivity contribution in [2.75, 3.05) is 19.7 Å². The fourth-order valence-electron chi connectivity index (χ4n) is 2.51. The van der Waals surface area contributed by atoms with Crippen molar-refractivity contribution in [2.24, 2.45) is 0 Å². The topological polar surface area (TPSA) is 70.0 Å². The maximum atomic E-state index is 10.5. The number of aliphatic carboxylic acids is 1. The predicted octanol–water partition coefficient (Wildman–Crippen LogP) is 1.77. The lowest BCUT2D eigenvalue weighted by atomic mass is 10.1. The summed E-state index contributed by atoms with van der Waals surface area (Å²) in [5.74, 6) is -0.586. The largest absolute Gasteiger partial charge is 0.508 e. The van der Waals surface area contributed by atoms with Crippen molar-refractivity contribution in [2.45, 2.75) is 32.4 Å². The number of carboxylic acids is 1. The highest BCUT2D eigenvalue weighted by Gasteiger charge is 2.21. The molecule has 1 heterocycles. The molecule has 0 unspecified atom stereocenters. The van der Waals surface area contributed by atoms with E-state index in [9.17, 15) is 9.90 Å². The van der Waals surface area contributed by atoms with Crippen molar-refractivity contribution in [1.82, 2.24) is 4.90 Å². The van der Waals surface area contributed by atoms with E-state index in [1.807, 2.05) is 19.1 Å². The van der Waals surface area contributed by atoms with Crippen molar-refractivity contribution < 1.29 is 19.7 Å². The number of likely N-dealkylation sites (tertiary alicyclic amines) is 1. The van der Waals surface area contributed by atoms with Gasteiger partial charge in [-0.25, -0.2) is 4.79 Å². The normalized spacial score (nSPS) is 17.2. The molecule has 0 saturated carbocycles. The number of nitrogens with zero attached hydrogens (tertiary/aromatic N) is 1. The molecule has 1 aliphatic heterocycles. The van der Waals surface area contributed by atoms with Gasteiger partial charge in [-0.05, 0) is 25.8 Å². The van der Waals surface area contributed by atoms with Gasteiger partial charge in [-0.2, -0.15) is 0 Å². The molecule has 0 bridgehead atoms. The van der Waals surface area contributed by atoms with Crippen molar-refractivity contribution >= 4 is 5.97 Å². The molecular weight excluding hydrogens is 258 g/mol. The smallest absolute Gasteiger partial charge is 0.329 e. The van der Waals surface area contributed by atoms with Crippen LogP contribution in [0.2, 0.25) is 0 Å². The molecule has 110 valence electrons. The maximum Gasteiger partial charge on any atom is 0.329 e. The van der Waals surface area contributed by atoms with E-state index < -0.39 is 5.97 Å². The Labute approximate surface area is 118 Å². The lowest BCUT2D eigenvalue weighted by molar-refractivity contribution is -0.145. The van der Waals surface area contributed by atoms with Crippen LogP contribution in [0.3, 0.4) is 0 Å². The first kappa shape index (κ1) is 14.8. The number of rotatable bonds is 5. The van der Waals surface area contributed by atoms with Crippen LogP contribution in [0.5, 0.6) is 5.75 Å². The van der Waals surface area contributed by atoms with Gasteiger partial charge in [0, 0.05) is 25.2 Å². The number of aromatic hydroxyl groups is 1. The summed E-state index contributed by atoms with van der Waals surface area (Å²) in [5, 5.41) is 18.4. The van der Waals surface area contributed by atoms with Gasteiger partial charge in [-0.15, -0.1) is 0 Å². The summed E-state index contributed by atoms with van der Waals surface area (Å²) in [7, 11) is 0. The first-order chi connectivity index (χ1) is 9.54. The molecule has 1 saturated heterocycles. The van der Waals surface area contributed by atoms with Crippen LogP contribution in [-0.4, -0.2) is 46.9 Å². The minimum atomic E-state index is -0.919. The summed E-state index contributed by atoms with van der Waals surface area (Å²) in [6, 6.07) is 5.63. The van der Waals surface area contributed by atoms with Gasteiger partial charge in [0.05, 0.1) is 6.10 Å². The fourth-order valence-corrected chi connectivity index (χ4v) is 2.51. The third-order valence-corrected chi connectivity index (χ3v) is 3.61. The fraction of sp³-hybridized carbons (Fsp3) is 0.533. The number of hydrogen-bond acceptors (Lipinski definition) is 4. The molecule has 5 heteroatoms. The van der Waals surface area contributed by atoms with Crippen molar-refractivity contribution in [3.05, 3.63) is 29.3 Å². The van der Waals surface area contributed by atoms with E-state index in [-0.39, 0.29) is 12.7 Å². The molecule has 1 aromatic carbocycles. The number of hydrogen-bond donors (Lipinski definition) is 2. The Morgan fingerprint density at radius 1 is 1.40 bits per heavy atom. The molecule has 0 aliphatic carbocycles. The lowest BCUT2D eigenvalue weighted by Gasteiger charge is -2.31. The second-order valence-corrected chi connectivity index (χ2v) is 5.31. The monoisotopic (exact) mass is 279 g/mol. The van der Waals surface area contributed by atoms with Gasteiger partial charge in [0.25, 0.3) is 0 Å². The number of carboxylic acid groups (broad SMARTS) is 1. The Bertz CT molecular complexity index is 467. The quantitative estimate of drug-likeness (QED) is 0.859. The first-order valence-corrected chi connectivity index (χ1v) is 6.89. The van der Waals surface area contributed by atoms with Crippen LogP contribution in [0.25, 0.3) is 0 Å². The number of piperidine rings is 1. The van der Waals surface area contributed by atoms with Crippen LogP contribution in [0, 0.1) is 6.92 Å². The molecule has 20 heavy (non-hydrogen) atoms. The zero-order chi connectivity index (χ0) is 14.5. The van der Waals surface area contributed by atoms with E-state index >= 15 is 0 Å². The summed E-state index contributed by atoms with van der Waals surface area (Å²) in [4.78, 5) is 12.7. The van der Waals surface area contributed by atoms with E-state index in [1.54, 1.807) is 6.07 Å². The molecule has 0 radical (unpaired) electrons. The molecule has 2 N–H and O–H groups in total. The highest BCUT2D eigenvalue weighted by molar-refractivity contribution is 5.68. The Morgan fingerprint density at radius 3 is 2.75 bits per heavy atom. The van der Waals surface area contributed by atoms with Crippen molar-refractivity contribution in [1.29, 1.82) is 0 Å². The standard InChI is InChI=1S/C15H21NO4/c1-11-2-3-14(17)12(8-11)9-16-6-4-13(5-7-16)20-10-15(18)19/h2-3,8,13,17H,4-7,9-10H2,1H3,(H,18,19). The zero-order valence-electron chi connectivity index (χ0n) is 11.7. The number of ether oxygens (including phenoxy) is 1. The number of carbonyl (C=O) groups is 1. The average Bonchev–Trinajstić information content (AvgIpc) is 2.42. The molecule has 1 fully saturated rings. The zero-order valence-corrected chi connectivity index (χ0v) is 11.7. The second-order valence-electron chi connectivity index (χ2n) is 5.31. The molecule has 0 amide bonds. The average molecular weight is 279 g/mol. The lowest BCUT2D eigenvalue weighted by Crippen LogP contribution is -2.37. The van der Waals surface area contributed by atoms with E-state index in [0.29, 0.717) is 5.75 Å². The van der Waals surface area contributed by atoms with E-state index in [0.717, 1.165) is 43.6 Å². The highest BCUT2D eigenvalue weighted by atomic mass is 16.5. The molecule has 1 aromatic rings. The minimum absolute atomic E-state index is 0.0356. The Hall–Kier alpha value is -1.59. The predicted molar refractivity (Wildman–Crippen MR) is 74.7 cm³/mol. The first-order valence-electron chi connectivity index (χ1n) is 6.89. The van der Waals surface area contributed by atoms with Gasteiger partial charge in [0.15, 0.2) is 0 Å². The highest BCUT2D eigenvalue weighted by Crippen LogP contribution is 2.22. The number of benzene rings is 1. The Morgan fingerprint density at radius 2 is 2.10 bits per heavy atom. The molecule has 0 atom stereocenters. The van der Waals surface area contributed by atoms with E-state index in [4.69, 9.17) is 9.84 Å². The SMILES string of the molecule is Cc1ccc(O)c(CN2CCC(OCC(=O)O)CC2)c1. The molecular formula is C15H21NO4. The third-order valence-electron chi connectivity index (χ3n) is 3.61. The third kappa shape index (κ3) is 4.21. The van der Waals surface area contributed by atoms with Gasteiger partial charge < -0.3 is 14.9 Å². The van der Waals surface area contributed by atoms with Crippen molar-refractivity contribution in [3.8, 4) is 5.75 Å². The van der Waals surface area contributed by atoms with Crippen LogP contribution in [0.1, 0.15) is 24.0 Å². The van der Waals surface area contributed by atoms with Crippen molar-refractivity contribution in [3.63, 3.8) is 0 Å². The molecule has 0 spiro atoms. The molecule has 2 rings (SSSR count). The summed E-state index contributed by atoms with van der Waals surface area (Å²) >= 11 is 0. The minimum Gasteiger partial charge on any atom is -0.508 e. The molecule has 1 aliphatic rings. The second kappa shape index (κ2) is 6.72.